The van der Waals surface area contributed by atoms with Crippen LogP contribution in [-0.4, -0.2) is 20.8 Å². The third-order valence-corrected chi connectivity index (χ3v) is 5.08. The van der Waals surface area contributed by atoms with Crippen molar-refractivity contribution < 1.29 is 0 Å². The second-order valence-corrected chi connectivity index (χ2v) is 7.17. The Morgan fingerprint density at radius 1 is 0.700 bits per heavy atom. The van der Waals surface area contributed by atoms with Crippen molar-refractivity contribution in [1.29, 1.82) is 10.8 Å². The molecule has 0 unspecified atom stereocenters. The molecule has 0 radical (unpaired) electrons. The third-order valence-electron chi connectivity index (χ3n) is 5.08. The highest BCUT2D eigenvalue weighted by Gasteiger charge is 2.14. The average molecular weight is 398 g/mol. The second kappa shape index (κ2) is 7.71. The normalized spacial score (nSPS) is 10.9. The molecule has 3 aromatic carbocycles. The van der Waals surface area contributed by atoms with Crippen LogP contribution in [0.2, 0.25) is 0 Å². The molecule has 1 heterocycles. The number of benzene rings is 3. The van der Waals surface area contributed by atoms with Crippen LogP contribution >= 0.6 is 0 Å². The smallest absolute Gasteiger partial charge is 0.329 e. The third kappa shape index (κ3) is 3.60. The maximum Gasteiger partial charge on any atom is 0.329 e. The summed E-state index contributed by atoms with van der Waals surface area (Å²) in [5.74, 6) is -0.00560. The molecular formula is C23H22N6O. The Morgan fingerprint density at radius 2 is 1.13 bits per heavy atom. The SMILES string of the molecule is N=C(N)c1cccc(Cn2c(=O)n(Cc3cccc(C(=N)N)c3)c3ccccc32)c1. The van der Waals surface area contributed by atoms with Gasteiger partial charge in [0.25, 0.3) is 0 Å². The van der Waals surface area contributed by atoms with Crippen LogP contribution in [0.3, 0.4) is 0 Å². The van der Waals surface area contributed by atoms with Crippen molar-refractivity contribution in [2.45, 2.75) is 13.1 Å². The molecule has 0 aliphatic rings. The predicted octanol–water partition coefficient (Wildman–Crippen LogP) is 2.47. The van der Waals surface area contributed by atoms with Gasteiger partial charge < -0.3 is 11.5 Å². The molecule has 0 atom stereocenters. The molecule has 0 saturated heterocycles. The fraction of sp³-hybridized carbons (Fsp3) is 0.0870. The molecule has 4 rings (SSSR count). The minimum Gasteiger partial charge on any atom is -0.384 e. The van der Waals surface area contributed by atoms with Crippen LogP contribution in [0.5, 0.6) is 0 Å². The van der Waals surface area contributed by atoms with Gasteiger partial charge in [0, 0.05) is 11.1 Å². The summed E-state index contributed by atoms with van der Waals surface area (Å²) < 4.78 is 3.45. The summed E-state index contributed by atoms with van der Waals surface area (Å²) in [7, 11) is 0. The van der Waals surface area contributed by atoms with Gasteiger partial charge in [0.15, 0.2) is 0 Å². The van der Waals surface area contributed by atoms with Gasteiger partial charge in [0.1, 0.15) is 11.7 Å². The molecule has 0 fully saturated rings. The quantitative estimate of drug-likeness (QED) is 0.294. The summed E-state index contributed by atoms with van der Waals surface area (Å²) in [5, 5.41) is 15.3. The molecule has 7 heteroatoms. The van der Waals surface area contributed by atoms with E-state index in [1.54, 1.807) is 21.3 Å². The van der Waals surface area contributed by atoms with Gasteiger partial charge in [0.2, 0.25) is 0 Å². The lowest BCUT2D eigenvalue weighted by molar-refractivity contribution is 0.701. The van der Waals surface area contributed by atoms with Crippen LogP contribution in [0, 0.1) is 10.8 Å². The molecular weight excluding hydrogens is 376 g/mol. The highest BCUT2D eigenvalue weighted by Crippen LogP contribution is 2.17. The first-order chi connectivity index (χ1) is 14.4. The summed E-state index contributed by atoms with van der Waals surface area (Å²) in [4.78, 5) is 13.3. The fourth-order valence-corrected chi connectivity index (χ4v) is 3.62. The molecule has 0 aliphatic heterocycles. The number of fused-ring (bicyclic) bond motifs is 1. The highest BCUT2D eigenvalue weighted by molar-refractivity contribution is 5.95. The standard InChI is InChI=1S/C23H22N6O/c24-21(25)17-7-3-5-15(11-17)13-28-19-9-1-2-10-20(19)29(23(28)30)14-16-6-4-8-18(12-16)22(26)27/h1-12H,13-14H2,(H3,24,25)(H3,26,27). The molecule has 0 saturated carbocycles. The summed E-state index contributed by atoms with van der Waals surface area (Å²) in [5.41, 5.74) is 15.8. The molecule has 1 aromatic heterocycles. The number of hydrogen-bond acceptors (Lipinski definition) is 3. The van der Waals surface area contributed by atoms with E-state index in [1.165, 1.54) is 0 Å². The summed E-state index contributed by atoms with van der Waals surface area (Å²) in [6.07, 6.45) is 0. The maximum atomic E-state index is 13.3. The molecule has 7 nitrogen and oxygen atoms in total. The van der Waals surface area contributed by atoms with Crippen molar-refractivity contribution in [2.24, 2.45) is 11.5 Å². The zero-order chi connectivity index (χ0) is 21.3. The molecule has 150 valence electrons. The lowest BCUT2D eigenvalue weighted by Crippen LogP contribution is -2.25. The van der Waals surface area contributed by atoms with E-state index < -0.39 is 0 Å². The van der Waals surface area contributed by atoms with Gasteiger partial charge in [-0.05, 0) is 35.4 Å². The number of nitrogens with two attached hydrogens (primary N) is 2. The Labute approximate surface area is 173 Å². The van der Waals surface area contributed by atoms with E-state index in [9.17, 15) is 4.79 Å². The van der Waals surface area contributed by atoms with E-state index >= 15 is 0 Å². The molecule has 6 N–H and O–H groups in total. The molecule has 0 spiro atoms. The zero-order valence-electron chi connectivity index (χ0n) is 16.3. The van der Waals surface area contributed by atoms with E-state index in [0.717, 1.165) is 22.2 Å². The highest BCUT2D eigenvalue weighted by atomic mass is 16.1. The Kier molecular flexibility index (Phi) is 4.93. The zero-order valence-corrected chi connectivity index (χ0v) is 16.3. The van der Waals surface area contributed by atoms with Crippen molar-refractivity contribution in [3.05, 3.63) is 106 Å². The lowest BCUT2D eigenvalue weighted by Gasteiger charge is -2.07. The molecule has 30 heavy (non-hydrogen) atoms. The van der Waals surface area contributed by atoms with Crippen LogP contribution in [0.15, 0.2) is 77.6 Å². The Balaban J connectivity index is 1.78. The summed E-state index contributed by atoms with van der Waals surface area (Å²) in [6.45, 7) is 0.752. The van der Waals surface area contributed by atoms with Crippen LogP contribution in [-0.2, 0) is 13.1 Å². The van der Waals surface area contributed by atoms with E-state index in [0.29, 0.717) is 24.2 Å². The van der Waals surface area contributed by atoms with Gasteiger partial charge in [-0.15, -0.1) is 0 Å². The van der Waals surface area contributed by atoms with Gasteiger partial charge >= 0.3 is 5.69 Å². The van der Waals surface area contributed by atoms with Crippen molar-refractivity contribution in [3.8, 4) is 0 Å². The lowest BCUT2D eigenvalue weighted by atomic mass is 10.1. The molecule has 0 aliphatic carbocycles. The van der Waals surface area contributed by atoms with Gasteiger partial charge in [0.05, 0.1) is 24.1 Å². The number of rotatable bonds is 6. The predicted molar refractivity (Wildman–Crippen MR) is 119 cm³/mol. The Hall–Kier alpha value is -4.13. The maximum absolute atomic E-state index is 13.3. The number of aromatic nitrogens is 2. The van der Waals surface area contributed by atoms with E-state index in [2.05, 4.69) is 0 Å². The number of nitrogens with one attached hydrogen (secondary N) is 2. The number of imidazole rings is 1. The largest absolute Gasteiger partial charge is 0.384 e. The van der Waals surface area contributed by atoms with Crippen molar-refractivity contribution >= 4 is 22.7 Å². The van der Waals surface area contributed by atoms with Crippen molar-refractivity contribution in [3.63, 3.8) is 0 Å². The Morgan fingerprint density at radius 3 is 1.53 bits per heavy atom. The van der Waals surface area contributed by atoms with Gasteiger partial charge in [-0.25, -0.2) is 4.79 Å². The minimum absolute atomic E-state index is 0.00280. The van der Waals surface area contributed by atoms with E-state index in [-0.39, 0.29) is 17.4 Å². The van der Waals surface area contributed by atoms with Gasteiger partial charge in [-0.3, -0.25) is 20.0 Å². The van der Waals surface area contributed by atoms with Gasteiger partial charge in [-0.2, -0.15) is 0 Å². The van der Waals surface area contributed by atoms with E-state index in [4.69, 9.17) is 22.3 Å². The van der Waals surface area contributed by atoms with E-state index in [1.807, 2.05) is 60.7 Å². The average Bonchev–Trinajstić information content (AvgIpc) is 3.00. The van der Waals surface area contributed by atoms with Gasteiger partial charge in [-0.1, -0.05) is 48.5 Å². The monoisotopic (exact) mass is 398 g/mol. The van der Waals surface area contributed by atoms with Crippen LogP contribution < -0.4 is 17.2 Å². The summed E-state index contributed by atoms with van der Waals surface area (Å²) >= 11 is 0. The number of hydrogen-bond donors (Lipinski definition) is 4. The minimum atomic E-state index is -0.127. The van der Waals surface area contributed by atoms with Crippen molar-refractivity contribution in [2.75, 3.05) is 0 Å². The number of nitrogen functional groups attached to an aromatic ring is 2. The Bertz CT molecular complexity index is 1230. The number of amidine groups is 2. The van der Waals surface area contributed by atoms with Crippen LogP contribution in [0.4, 0.5) is 0 Å². The molecule has 0 amide bonds. The molecule has 4 aromatic rings. The first-order valence-electron chi connectivity index (χ1n) is 9.49. The summed E-state index contributed by atoms with van der Waals surface area (Å²) in [6, 6.07) is 22.4. The topological polar surface area (TPSA) is 127 Å². The van der Waals surface area contributed by atoms with Crippen LogP contribution in [0.1, 0.15) is 22.3 Å². The first kappa shape index (κ1) is 19.2. The second-order valence-electron chi connectivity index (χ2n) is 7.17. The molecule has 0 bridgehead atoms. The number of para-hydroxylation sites is 2. The first-order valence-corrected chi connectivity index (χ1v) is 9.49. The fourth-order valence-electron chi connectivity index (χ4n) is 3.62. The van der Waals surface area contributed by atoms with Crippen LogP contribution in [0.25, 0.3) is 11.0 Å². The van der Waals surface area contributed by atoms with Crippen molar-refractivity contribution in [1.82, 2.24) is 9.13 Å². The number of nitrogens with zero attached hydrogens (tertiary/aromatic N) is 2.